The summed E-state index contributed by atoms with van der Waals surface area (Å²) >= 11 is 1.43. The fourth-order valence-corrected chi connectivity index (χ4v) is 5.08. The minimum Gasteiger partial charge on any atom is -0.496 e. The molecule has 5 rings (SSSR count). The SMILES string of the molecule is CCc1ccc(SNc2noc3cc(Cn4cc(CNC(=O)OC)cn4)c4c(c23)OCCC4)c(OC)c1. The van der Waals surface area contributed by atoms with Crippen LogP contribution in [0.4, 0.5) is 10.6 Å². The molecule has 2 aromatic carbocycles. The van der Waals surface area contributed by atoms with Gasteiger partial charge in [-0.25, -0.2) is 4.79 Å². The Hall–Kier alpha value is -3.86. The highest BCUT2D eigenvalue weighted by Gasteiger charge is 2.24. The van der Waals surface area contributed by atoms with Gasteiger partial charge >= 0.3 is 6.09 Å². The molecule has 3 heterocycles. The van der Waals surface area contributed by atoms with E-state index in [2.05, 4.69) is 38.0 Å². The number of nitrogens with zero attached hydrogens (tertiary/aromatic N) is 3. The minimum absolute atomic E-state index is 0.341. The first-order valence-electron chi connectivity index (χ1n) is 12.1. The van der Waals surface area contributed by atoms with Crippen LogP contribution < -0.4 is 19.5 Å². The van der Waals surface area contributed by atoms with Crippen molar-refractivity contribution >= 4 is 34.8 Å². The minimum atomic E-state index is -0.478. The van der Waals surface area contributed by atoms with E-state index in [1.807, 2.05) is 29.1 Å². The summed E-state index contributed by atoms with van der Waals surface area (Å²) in [5, 5.41) is 12.3. The maximum atomic E-state index is 11.4. The molecule has 0 unspecified atom stereocenters. The molecule has 0 radical (unpaired) electrons. The molecule has 0 bridgehead atoms. The van der Waals surface area contributed by atoms with Crippen LogP contribution in [0.3, 0.4) is 0 Å². The normalized spacial score (nSPS) is 12.6. The summed E-state index contributed by atoms with van der Waals surface area (Å²) in [6, 6.07) is 8.20. The lowest BCUT2D eigenvalue weighted by molar-refractivity contribution is 0.170. The first kappa shape index (κ1) is 24.8. The number of anilines is 1. The molecule has 1 aliphatic heterocycles. The van der Waals surface area contributed by atoms with Gasteiger partial charge in [-0.2, -0.15) is 5.10 Å². The molecular weight excluding hydrogens is 494 g/mol. The van der Waals surface area contributed by atoms with Crippen molar-refractivity contribution in [2.24, 2.45) is 0 Å². The fourth-order valence-electron chi connectivity index (χ4n) is 4.35. The molecular formula is C26H29N5O5S. The zero-order chi connectivity index (χ0) is 25.8. The molecule has 0 saturated heterocycles. The molecule has 0 fully saturated rings. The number of alkyl carbamates (subject to hydrolysis) is 1. The van der Waals surface area contributed by atoms with Crippen LogP contribution in [0.1, 0.15) is 35.6 Å². The maximum absolute atomic E-state index is 11.4. The van der Waals surface area contributed by atoms with Crippen molar-refractivity contribution in [3.63, 3.8) is 0 Å². The van der Waals surface area contributed by atoms with Crippen molar-refractivity contribution in [2.75, 3.05) is 25.5 Å². The Morgan fingerprint density at radius 2 is 2.14 bits per heavy atom. The Balaban J connectivity index is 1.39. The molecule has 1 amide bonds. The summed E-state index contributed by atoms with van der Waals surface area (Å²) in [5.41, 5.74) is 4.93. The van der Waals surface area contributed by atoms with Gasteiger partial charge in [-0.15, -0.1) is 0 Å². The highest BCUT2D eigenvalue weighted by molar-refractivity contribution is 8.00. The van der Waals surface area contributed by atoms with Crippen LogP contribution in [0, 0.1) is 0 Å². The first-order valence-corrected chi connectivity index (χ1v) is 12.9. The number of benzene rings is 2. The molecule has 0 atom stereocenters. The predicted molar refractivity (Wildman–Crippen MR) is 140 cm³/mol. The van der Waals surface area contributed by atoms with Gasteiger partial charge in [0.05, 0.1) is 38.5 Å². The third-order valence-electron chi connectivity index (χ3n) is 6.27. The smallest absolute Gasteiger partial charge is 0.407 e. The Morgan fingerprint density at radius 1 is 1.24 bits per heavy atom. The lowest BCUT2D eigenvalue weighted by Crippen LogP contribution is -2.21. The average molecular weight is 524 g/mol. The van der Waals surface area contributed by atoms with E-state index in [-0.39, 0.29) is 0 Å². The van der Waals surface area contributed by atoms with Crippen LogP contribution in [0.15, 0.2) is 46.1 Å². The highest BCUT2D eigenvalue weighted by Crippen LogP contribution is 2.42. The lowest BCUT2D eigenvalue weighted by Gasteiger charge is -2.21. The zero-order valence-corrected chi connectivity index (χ0v) is 21.8. The molecule has 11 heteroatoms. The number of carbonyl (C=O) groups excluding carboxylic acids is 1. The van der Waals surface area contributed by atoms with E-state index in [0.717, 1.165) is 57.7 Å². The second-order valence-corrected chi connectivity index (χ2v) is 9.48. The van der Waals surface area contributed by atoms with Gasteiger partial charge < -0.3 is 28.8 Å². The van der Waals surface area contributed by atoms with Gasteiger partial charge in [-0.3, -0.25) is 4.68 Å². The van der Waals surface area contributed by atoms with Crippen LogP contribution in [0.5, 0.6) is 11.5 Å². The van der Waals surface area contributed by atoms with Crippen molar-refractivity contribution in [3.8, 4) is 11.5 Å². The Kier molecular flexibility index (Phi) is 7.40. The van der Waals surface area contributed by atoms with Crippen LogP contribution >= 0.6 is 11.9 Å². The van der Waals surface area contributed by atoms with E-state index in [1.165, 1.54) is 24.6 Å². The Morgan fingerprint density at radius 3 is 2.95 bits per heavy atom. The molecule has 10 nitrogen and oxygen atoms in total. The van der Waals surface area contributed by atoms with E-state index in [9.17, 15) is 4.79 Å². The summed E-state index contributed by atoms with van der Waals surface area (Å²) < 4.78 is 27.3. The van der Waals surface area contributed by atoms with E-state index in [1.54, 1.807) is 13.3 Å². The van der Waals surface area contributed by atoms with E-state index in [4.69, 9.17) is 14.0 Å². The highest BCUT2D eigenvalue weighted by atomic mass is 32.2. The van der Waals surface area contributed by atoms with Gasteiger partial charge in [-0.05, 0) is 60.5 Å². The van der Waals surface area contributed by atoms with Gasteiger partial charge in [0.15, 0.2) is 11.4 Å². The van der Waals surface area contributed by atoms with Gasteiger partial charge in [0.1, 0.15) is 16.9 Å². The van der Waals surface area contributed by atoms with Crippen LogP contribution in [0.25, 0.3) is 11.0 Å². The molecule has 0 spiro atoms. The monoisotopic (exact) mass is 523 g/mol. The zero-order valence-electron chi connectivity index (χ0n) is 21.0. The molecule has 1 aliphatic rings. The van der Waals surface area contributed by atoms with Gasteiger partial charge in [0, 0.05) is 23.9 Å². The molecule has 2 aromatic heterocycles. The van der Waals surface area contributed by atoms with Crippen molar-refractivity contribution in [1.82, 2.24) is 20.3 Å². The number of hydrogen-bond donors (Lipinski definition) is 2. The summed E-state index contributed by atoms with van der Waals surface area (Å²) in [6.45, 7) is 3.64. The number of methoxy groups -OCH3 is 2. The largest absolute Gasteiger partial charge is 0.496 e. The molecule has 0 saturated carbocycles. The van der Waals surface area contributed by atoms with E-state index >= 15 is 0 Å². The van der Waals surface area contributed by atoms with Crippen molar-refractivity contribution in [1.29, 1.82) is 0 Å². The number of fused-ring (bicyclic) bond motifs is 3. The molecule has 4 aromatic rings. The number of aromatic nitrogens is 3. The number of amides is 1. The standard InChI is InChI=1S/C26H29N5O5S/c1-4-16-7-8-22(20(10-16)33-2)37-30-25-23-21(36-29-25)11-18(19-6-5-9-35-24(19)23)15-31-14-17(13-28-31)12-27-26(32)34-3/h7-8,10-11,13-14H,4-6,9,12,15H2,1-3H3,(H,27,32)(H,29,30). The third kappa shape index (κ3) is 5.31. The molecule has 194 valence electrons. The number of carbonyl (C=O) groups is 1. The van der Waals surface area contributed by atoms with Crippen molar-refractivity contribution < 1.29 is 23.5 Å². The second kappa shape index (κ2) is 11.0. The van der Waals surface area contributed by atoms with Crippen molar-refractivity contribution in [3.05, 3.63) is 58.9 Å². The summed E-state index contributed by atoms with van der Waals surface area (Å²) in [4.78, 5) is 12.3. The van der Waals surface area contributed by atoms with Gasteiger partial charge in [0.25, 0.3) is 0 Å². The van der Waals surface area contributed by atoms with E-state index in [0.29, 0.717) is 31.1 Å². The fraction of sp³-hybridized carbons (Fsp3) is 0.346. The summed E-state index contributed by atoms with van der Waals surface area (Å²) in [6.07, 6.45) is 5.92. The van der Waals surface area contributed by atoms with Crippen LogP contribution in [-0.2, 0) is 30.7 Å². The quantitative estimate of drug-likeness (QED) is 0.294. The average Bonchev–Trinajstić information content (AvgIpc) is 3.57. The Labute approximate surface area is 218 Å². The first-order chi connectivity index (χ1) is 18.1. The maximum Gasteiger partial charge on any atom is 0.407 e. The number of rotatable bonds is 9. The lowest BCUT2D eigenvalue weighted by atomic mass is 9.97. The van der Waals surface area contributed by atoms with Gasteiger partial charge in [-0.1, -0.05) is 18.1 Å². The number of aryl methyl sites for hydroxylation is 1. The number of hydrogen-bond acceptors (Lipinski definition) is 9. The molecule has 37 heavy (non-hydrogen) atoms. The van der Waals surface area contributed by atoms with Crippen molar-refractivity contribution in [2.45, 2.75) is 44.2 Å². The van der Waals surface area contributed by atoms with Crippen LogP contribution in [0.2, 0.25) is 0 Å². The predicted octanol–water partition coefficient (Wildman–Crippen LogP) is 4.94. The number of nitrogens with one attached hydrogen (secondary N) is 2. The summed E-state index contributed by atoms with van der Waals surface area (Å²) in [5.74, 6) is 2.23. The molecule has 0 aliphatic carbocycles. The second-order valence-electron chi connectivity index (χ2n) is 8.63. The third-order valence-corrected chi connectivity index (χ3v) is 7.12. The van der Waals surface area contributed by atoms with Gasteiger partial charge in [0.2, 0.25) is 0 Å². The Bertz CT molecular complexity index is 1420. The summed E-state index contributed by atoms with van der Waals surface area (Å²) in [7, 11) is 3.01. The van der Waals surface area contributed by atoms with Crippen LogP contribution in [-0.4, -0.2) is 41.9 Å². The number of ether oxygens (including phenoxy) is 3. The topological polar surface area (TPSA) is 113 Å². The van der Waals surface area contributed by atoms with E-state index < -0.39 is 6.09 Å². The molecule has 2 N–H and O–H groups in total.